The lowest BCUT2D eigenvalue weighted by molar-refractivity contribution is -0.119. The molecule has 0 saturated carbocycles. The van der Waals surface area contributed by atoms with Crippen molar-refractivity contribution in [3.63, 3.8) is 0 Å². The second-order valence-electron chi connectivity index (χ2n) is 5.79. The summed E-state index contributed by atoms with van der Waals surface area (Å²) >= 11 is 0. The fourth-order valence-corrected chi connectivity index (χ4v) is 2.63. The molecule has 0 radical (unpaired) electrons. The van der Waals surface area contributed by atoms with Crippen molar-refractivity contribution in [2.24, 2.45) is 5.73 Å². The number of anilines is 2. The maximum atomic E-state index is 12.5. The van der Waals surface area contributed by atoms with Crippen LogP contribution in [0, 0.1) is 0 Å². The Morgan fingerprint density at radius 2 is 1.70 bits per heavy atom. The van der Waals surface area contributed by atoms with Crippen molar-refractivity contribution >= 4 is 23.2 Å². The summed E-state index contributed by atoms with van der Waals surface area (Å²) in [5, 5.41) is 2.81. The Hall–Kier alpha value is -3.22. The van der Waals surface area contributed by atoms with Crippen molar-refractivity contribution in [1.29, 1.82) is 0 Å². The molecule has 2 aromatic rings. The number of primary amides is 1. The van der Waals surface area contributed by atoms with Crippen LogP contribution in [0.5, 0.6) is 11.5 Å². The van der Waals surface area contributed by atoms with Gasteiger partial charge in [-0.05, 0) is 50.2 Å². The van der Waals surface area contributed by atoms with Gasteiger partial charge < -0.3 is 25.4 Å². The van der Waals surface area contributed by atoms with Gasteiger partial charge in [-0.3, -0.25) is 9.59 Å². The molecule has 0 spiro atoms. The van der Waals surface area contributed by atoms with Gasteiger partial charge in [-0.15, -0.1) is 0 Å². The van der Waals surface area contributed by atoms with Crippen LogP contribution in [0.3, 0.4) is 0 Å². The Labute approximate surface area is 159 Å². The van der Waals surface area contributed by atoms with Crippen molar-refractivity contribution in [2.75, 3.05) is 37.0 Å². The molecule has 2 rings (SSSR count). The van der Waals surface area contributed by atoms with Gasteiger partial charge in [0.05, 0.1) is 7.11 Å². The zero-order valence-corrected chi connectivity index (χ0v) is 15.8. The molecular formula is C20H25N3O4. The third kappa shape index (κ3) is 5.37. The summed E-state index contributed by atoms with van der Waals surface area (Å²) in [5.74, 6) is -0.0734. The first-order valence-corrected chi connectivity index (χ1v) is 8.74. The van der Waals surface area contributed by atoms with E-state index in [1.807, 2.05) is 12.1 Å². The largest absolute Gasteiger partial charge is 0.493 e. The van der Waals surface area contributed by atoms with Crippen LogP contribution in [-0.4, -0.2) is 38.6 Å². The van der Waals surface area contributed by atoms with E-state index in [1.54, 1.807) is 30.3 Å². The second-order valence-corrected chi connectivity index (χ2v) is 5.79. The molecular weight excluding hydrogens is 346 g/mol. The molecule has 0 aliphatic rings. The molecule has 0 aliphatic carbocycles. The zero-order chi connectivity index (χ0) is 19.8. The van der Waals surface area contributed by atoms with Crippen LogP contribution in [-0.2, 0) is 4.79 Å². The molecule has 27 heavy (non-hydrogen) atoms. The van der Waals surface area contributed by atoms with Gasteiger partial charge in [0.25, 0.3) is 11.8 Å². The maximum Gasteiger partial charge on any atom is 0.255 e. The topological polar surface area (TPSA) is 93.9 Å². The first kappa shape index (κ1) is 20.1. The molecule has 2 aromatic carbocycles. The number of carbonyl (C=O) groups excluding carboxylic acids is 2. The van der Waals surface area contributed by atoms with Gasteiger partial charge in [0.2, 0.25) is 0 Å². The Kier molecular flexibility index (Phi) is 7.05. The number of benzene rings is 2. The van der Waals surface area contributed by atoms with Gasteiger partial charge in [-0.1, -0.05) is 0 Å². The smallest absolute Gasteiger partial charge is 0.255 e. The van der Waals surface area contributed by atoms with Crippen LogP contribution < -0.4 is 25.4 Å². The highest BCUT2D eigenvalue weighted by Crippen LogP contribution is 2.30. The molecule has 0 aliphatic heterocycles. The number of rotatable bonds is 9. The number of hydrogen-bond donors (Lipinski definition) is 2. The summed E-state index contributed by atoms with van der Waals surface area (Å²) in [6.07, 6.45) is 0. The standard InChI is InChI=1S/C20H25N3O4/c1-4-23(5-2)16-9-6-14(7-10-16)20(25)22-15-8-11-17(26-3)18(12-15)27-13-19(21)24/h6-12H,4-5,13H2,1-3H3,(H2,21,24)(H,22,25). The molecule has 0 fully saturated rings. The van der Waals surface area contributed by atoms with Gasteiger partial charge in [-0.2, -0.15) is 0 Å². The molecule has 0 heterocycles. The van der Waals surface area contributed by atoms with Gasteiger partial charge >= 0.3 is 0 Å². The van der Waals surface area contributed by atoms with E-state index < -0.39 is 5.91 Å². The number of amides is 2. The second kappa shape index (κ2) is 9.47. The first-order valence-electron chi connectivity index (χ1n) is 8.74. The summed E-state index contributed by atoms with van der Waals surface area (Å²) < 4.78 is 10.5. The van der Waals surface area contributed by atoms with Crippen molar-refractivity contribution < 1.29 is 19.1 Å². The fourth-order valence-electron chi connectivity index (χ4n) is 2.63. The molecule has 0 atom stereocenters. The van der Waals surface area contributed by atoms with E-state index in [1.165, 1.54) is 7.11 Å². The number of methoxy groups -OCH3 is 1. The van der Waals surface area contributed by atoms with Gasteiger partial charge in [0.15, 0.2) is 18.1 Å². The number of nitrogens with two attached hydrogens (primary N) is 1. The lowest BCUT2D eigenvalue weighted by atomic mass is 10.1. The average molecular weight is 371 g/mol. The van der Waals surface area contributed by atoms with Gasteiger partial charge in [0, 0.05) is 36.1 Å². The maximum absolute atomic E-state index is 12.5. The minimum Gasteiger partial charge on any atom is -0.493 e. The third-order valence-corrected chi connectivity index (χ3v) is 4.05. The third-order valence-electron chi connectivity index (χ3n) is 4.05. The van der Waals surface area contributed by atoms with E-state index in [2.05, 4.69) is 24.1 Å². The highest BCUT2D eigenvalue weighted by molar-refractivity contribution is 6.04. The first-order chi connectivity index (χ1) is 13.0. The summed E-state index contributed by atoms with van der Waals surface area (Å²) in [7, 11) is 1.49. The summed E-state index contributed by atoms with van der Waals surface area (Å²) in [5.41, 5.74) is 7.24. The quantitative estimate of drug-likeness (QED) is 0.707. The molecule has 144 valence electrons. The predicted octanol–water partition coefficient (Wildman–Crippen LogP) is 2.66. The Morgan fingerprint density at radius 3 is 2.26 bits per heavy atom. The Morgan fingerprint density at radius 1 is 1.04 bits per heavy atom. The number of hydrogen-bond acceptors (Lipinski definition) is 5. The highest BCUT2D eigenvalue weighted by Gasteiger charge is 2.11. The molecule has 0 saturated heterocycles. The molecule has 0 aromatic heterocycles. The Bertz CT molecular complexity index is 786. The van der Waals surface area contributed by atoms with Crippen LogP contribution in [0.2, 0.25) is 0 Å². The highest BCUT2D eigenvalue weighted by atomic mass is 16.5. The van der Waals surface area contributed by atoms with Crippen LogP contribution >= 0.6 is 0 Å². The number of nitrogens with zero attached hydrogens (tertiary/aromatic N) is 1. The van der Waals surface area contributed by atoms with E-state index in [0.29, 0.717) is 22.7 Å². The molecule has 0 unspecified atom stereocenters. The van der Waals surface area contributed by atoms with Crippen LogP contribution in [0.4, 0.5) is 11.4 Å². The van der Waals surface area contributed by atoms with Crippen molar-refractivity contribution in [2.45, 2.75) is 13.8 Å². The summed E-state index contributed by atoms with van der Waals surface area (Å²) in [4.78, 5) is 25.6. The van der Waals surface area contributed by atoms with Crippen molar-refractivity contribution in [3.8, 4) is 11.5 Å². The van der Waals surface area contributed by atoms with Crippen LogP contribution in [0.15, 0.2) is 42.5 Å². The van der Waals surface area contributed by atoms with Crippen LogP contribution in [0.25, 0.3) is 0 Å². The number of nitrogens with one attached hydrogen (secondary N) is 1. The summed E-state index contributed by atoms with van der Waals surface area (Å²) in [6.45, 7) is 5.71. The van der Waals surface area contributed by atoms with Crippen molar-refractivity contribution in [1.82, 2.24) is 0 Å². The van der Waals surface area contributed by atoms with Crippen LogP contribution in [0.1, 0.15) is 24.2 Å². The van der Waals surface area contributed by atoms with E-state index in [0.717, 1.165) is 18.8 Å². The van der Waals surface area contributed by atoms with Gasteiger partial charge in [-0.25, -0.2) is 0 Å². The molecule has 0 bridgehead atoms. The summed E-state index contributed by atoms with van der Waals surface area (Å²) in [6, 6.07) is 12.4. The monoisotopic (exact) mass is 371 g/mol. The normalized spacial score (nSPS) is 10.2. The zero-order valence-electron chi connectivity index (χ0n) is 15.8. The Balaban J connectivity index is 2.12. The number of carbonyl (C=O) groups is 2. The molecule has 7 heteroatoms. The van der Waals surface area contributed by atoms with Gasteiger partial charge in [0.1, 0.15) is 0 Å². The SMILES string of the molecule is CCN(CC)c1ccc(C(=O)Nc2ccc(OC)c(OCC(N)=O)c2)cc1. The van der Waals surface area contributed by atoms with E-state index in [4.69, 9.17) is 15.2 Å². The van der Waals surface area contributed by atoms with E-state index in [-0.39, 0.29) is 12.5 Å². The number of ether oxygens (including phenoxy) is 2. The predicted molar refractivity (Wildman–Crippen MR) is 106 cm³/mol. The minimum absolute atomic E-state index is 0.243. The fraction of sp³-hybridized carbons (Fsp3) is 0.300. The van der Waals surface area contributed by atoms with E-state index >= 15 is 0 Å². The molecule has 2 amide bonds. The lowest BCUT2D eigenvalue weighted by Gasteiger charge is -2.21. The molecule has 7 nitrogen and oxygen atoms in total. The average Bonchev–Trinajstić information content (AvgIpc) is 2.68. The molecule has 3 N–H and O–H groups in total. The van der Waals surface area contributed by atoms with Crippen molar-refractivity contribution in [3.05, 3.63) is 48.0 Å². The van der Waals surface area contributed by atoms with E-state index in [9.17, 15) is 9.59 Å². The lowest BCUT2D eigenvalue weighted by Crippen LogP contribution is -2.22. The minimum atomic E-state index is -0.597.